The number of nitrogens with one attached hydrogen (secondary N) is 1. The molecule has 7 heteroatoms. The van der Waals surface area contributed by atoms with Crippen LogP contribution in [0.25, 0.3) is 16.8 Å². The molecule has 0 radical (unpaired) electrons. The minimum atomic E-state index is -0.941. The number of nitrogens with zero attached hydrogens (tertiary/aromatic N) is 2. The van der Waals surface area contributed by atoms with E-state index >= 15 is 0 Å². The highest BCUT2D eigenvalue weighted by Crippen LogP contribution is 2.35. The van der Waals surface area contributed by atoms with Crippen LogP contribution in [0.1, 0.15) is 30.3 Å². The standard InChI is InChI=1S/C22H19F2N3OS/c1-12(2)13-3-6-15(7-4-13)27-10-19(28)20(21(27)25)22-26-18(11-29-22)14-5-8-16(23)17(24)9-14/h3-9,11-12,25,28H,10H2,1-2H3. The van der Waals surface area contributed by atoms with Crippen molar-refractivity contribution in [2.45, 2.75) is 19.8 Å². The molecule has 29 heavy (non-hydrogen) atoms. The molecule has 0 saturated heterocycles. The smallest absolute Gasteiger partial charge is 0.159 e. The molecule has 3 aromatic rings. The molecule has 2 heterocycles. The van der Waals surface area contributed by atoms with Crippen LogP contribution in [0.2, 0.25) is 0 Å². The summed E-state index contributed by atoms with van der Waals surface area (Å²) in [5.41, 5.74) is 3.29. The average molecular weight is 411 g/mol. The molecule has 0 fully saturated rings. The van der Waals surface area contributed by atoms with Crippen LogP contribution in [0.15, 0.2) is 53.6 Å². The monoisotopic (exact) mass is 411 g/mol. The van der Waals surface area contributed by atoms with Crippen LogP contribution >= 0.6 is 11.3 Å². The van der Waals surface area contributed by atoms with E-state index in [2.05, 4.69) is 18.8 Å². The first-order valence-corrected chi connectivity index (χ1v) is 10.0. The number of halogens is 2. The fourth-order valence-corrected chi connectivity index (χ4v) is 4.14. The van der Waals surface area contributed by atoms with Crippen molar-refractivity contribution in [2.75, 3.05) is 11.4 Å². The van der Waals surface area contributed by atoms with E-state index in [1.807, 2.05) is 24.3 Å². The van der Waals surface area contributed by atoms with E-state index in [0.717, 1.165) is 17.8 Å². The number of aliphatic hydroxyl groups excluding tert-OH is 1. The summed E-state index contributed by atoms with van der Waals surface area (Å²) in [5.74, 6) is -1.22. The second kappa shape index (κ2) is 7.40. The lowest BCUT2D eigenvalue weighted by molar-refractivity contribution is 0.411. The summed E-state index contributed by atoms with van der Waals surface area (Å²) in [5, 5.41) is 21.2. The number of hydrogen-bond acceptors (Lipinski definition) is 4. The normalized spacial score (nSPS) is 14.4. The quantitative estimate of drug-likeness (QED) is 0.555. The van der Waals surface area contributed by atoms with Crippen LogP contribution in [0.3, 0.4) is 0 Å². The van der Waals surface area contributed by atoms with E-state index in [9.17, 15) is 13.9 Å². The highest BCUT2D eigenvalue weighted by molar-refractivity contribution is 7.11. The van der Waals surface area contributed by atoms with E-state index < -0.39 is 11.6 Å². The van der Waals surface area contributed by atoms with Crippen molar-refractivity contribution in [3.8, 4) is 11.3 Å². The minimum Gasteiger partial charge on any atom is -0.510 e. The zero-order chi connectivity index (χ0) is 20.7. The molecule has 0 spiro atoms. The van der Waals surface area contributed by atoms with Crippen molar-refractivity contribution in [3.05, 3.63) is 75.8 Å². The molecule has 0 saturated carbocycles. The van der Waals surface area contributed by atoms with Gasteiger partial charge in [0.1, 0.15) is 16.6 Å². The van der Waals surface area contributed by atoms with E-state index in [-0.39, 0.29) is 18.1 Å². The SMILES string of the molecule is CC(C)c1ccc(N2CC(O)=C(c3nc(-c4ccc(F)c(F)c4)cs3)C2=N)cc1. The summed E-state index contributed by atoms with van der Waals surface area (Å²) in [4.78, 5) is 6.16. The van der Waals surface area contributed by atoms with Gasteiger partial charge in [-0.05, 0) is 41.8 Å². The maximum absolute atomic E-state index is 13.5. The molecule has 1 aliphatic heterocycles. The Labute approximate surface area is 171 Å². The van der Waals surface area contributed by atoms with Gasteiger partial charge < -0.3 is 10.0 Å². The molecule has 4 rings (SSSR count). The summed E-state index contributed by atoms with van der Waals surface area (Å²) in [6.45, 7) is 4.42. The largest absolute Gasteiger partial charge is 0.510 e. The highest BCUT2D eigenvalue weighted by Gasteiger charge is 2.31. The molecular weight excluding hydrogens is 392 g/mol. The molecular formula is C22H19F2N3OS. The molecule has 0 unspecified atom stereocenters. The molecule has 1 aliphatic rings. The van der Waals surface area contributed by atoms with Crippen LogP contribution in [-0.2, 0) is 0 Å². The minimum absolute atomic E-state index is 0.0640. The number of benzene rings is 2. The number of aromatic nitrogens is 1. The van der Waals surface area contributed by atoms with Crippen molar-refractivity contribution in [3.63, 3.8) is 0 Å². The first-order valence-electron chi connectivity index (χ1n) is 9.15. The molecule has 1 aromatic heterocycles. The molecule has 148 valence electrons. The summed E-state index contributed by atoms with van der Waals surface area (Å²) >= 11 is 1.25. The van der Waals surface area contributed by atoms with Crippen molar-refractivity contribution >= 4 is 28.4 Å². The van der Waals surface area contributed by atoms with Gasteiger partial charge in [-0.25, -0.2) is 13.8 Å². The Bertz CT molecular complexity index is 1120. The third-order valence-corrected chi connectivity index (χ3v) is 5.77. The van der Waals surface area contributed by atoms with Gasteiger partial charge in [0.2, 0.25) is 0 Å². The molecule has 4 nitrogen and oxygen atoms in total. The highest BCUT2D eigenvalue weighted by atomic mass is 32.1. The van der Waals surface area contributed by atoms with Crippen molar-refractivity contribution in [2.24, 2.45) is 0 Å². The number of aliphatic hydroxyl groups is 1. The molecule has 0 aliphatic carbocycles. The fourth-order valence-electron chi connectivity index (χ4n) is 3.24. The third kappa shape index (κ3) is 3.53. The topological polar surface area (TPSA) is 60.2 Å². The van der Waals surface area contributed by atoms with Crippen LogP contribution in [0.4, 0.5) is 14.5 Å². The summed E-state index contributed by atoms with van der Waals surface area (Å²) < 4.78 is 26.7. The Morgan fingerprint density at radius 3 is 2.48 bits per heavy atom. The number of rotatable bonds is 4. The maximum Gasteiger partial charge on any atom is 0.159 e. The zero-order valence-corrected chi connectivity index (χ0v) is 16.7. The van der Waals surface area contributed by atoms with Gasteiger partial charge in [0.15, 0.2) is 11.6 Å². The van der Waals surface area contributed by atoms with Crippen LogP contribution in [0, 0.1) is 17.0 Å². The van der Waals surface area contributed by atoms with Crippen LogP contribution in [0.5, 0.6) is 0 Å². The summed E-state index contributed by atoms with van der Waals surface area (Å²) in [6, 6.07) is 11.5. The molecule has 0 bridgehead atoms. The third-order valence-electron chi connectivity index (χ3n) is 4.91. The second-order valence-corrected chi connectivity index (χ2v) is 8.03. The van der Waals surface area contributed by atoms with E-state index in [1.165, 1.54) is 23.0 Å². The van der Waals surface area contributed by atoms with Crippen molar-refractivity contribution in [1.82, 2.24) is 4.98 Å². The second-order valence-electron chi connectivity index (χ2n) is 7.17. The summed E-state index contributed by atoms with van der Waals surface area (Å²) in [7, 11) is 0. The van der Waals surface area contributed by atoms with Gasteiger partial charge in [0, 0.05) is 16.6 Å². The Balaban J connectivity index is 1.61. The summed E-state index contributed by atoms with van der Waals surface area (Å²) in [6.07, 6.45) is 0. The maximum atomic E-state index is 13.5. The van der Waals surface area contributed by atoms with Gasteiger partial charge in [0.25, 0.3) is 0 Å². The van der Waals surface area contributed by atoms with Crippen molar-refractivity contribution < 1.29 is 13.9 Å². The first kappa shape index (κ1) is 19.3. The predicted octanol–water partition coefficient (Wildman–Crippen LogP) is 5.98. The number of hydrogen-bond donors (Lipinski definition) is 2. The zero-order valence-electron chi connectivity index (χ0n) is 15.9. The van der Waals surface area contributed by atoms with E-state index in [1.54, 1.807) is 10.3 Å². The Kier molecular flexibility index (Phi) is 4.92. The van der Waals surface area contributed by atoms with Gasteiger partial charge >= 0.3 is 0 Å². The number of amidine groups is 1. The molecule has 2 N–H and O–H groups in total. The molecule has 0 amide bonds. The fraction of sp³-hybridized carbons (Fsp3) is 0.182. The lowest BCUT2D eigenvalue weighted by Crippen LogP contribution is -2.26. The predicted molar refractivity (Wildman–Crippen MR) is 113 cm³/mol. The Morgan fingerprint density at radius 1 is 1.10 bits per heavy atom. The number of anilines is 1. The Morgan fingerprint density at radius 2 is 1.83 bits per heavy atom. The van der Waals surface area contributed by atoms with Crippen molar-refractivity contribution in [1.29, 1.82) is 5.41 Å². The van der Waals surface area contributed by atoms with E-state index in [0.29, 0.717) is 27.8 Å². The lowest BCUT2D eigenvalue weighted by Gasteiger charge is -2.19. The average Bonchev–Trinajstić information content (AvgIpc) is 3.28. The van der Waals surface area contributed by atoms with Gasteiger partial charge in [-0.1, -0.05) is 26.0 Å². The molecule has 2 aromatic carbocycles. The van der Waals surface area contributed by atoms with Crippen LogP contribution in [-0.4, -0.2) is 22.5 Å². The van der Waals surface area contributed by atoms with Gasteiger partial charge in [-0.3, -0.25) is 5.41 Å². The van der Waals surface area contributed by atoms with Crippen LogP contribution < -0.4 is 4.90 Å². The van der Waals surface area contributed by atoms with Gasteiger partial charge in [-0.15, -0.1) is 11.3 Å². The molecule has 0 atom stereocenters. The van der Waals surface area contributed by atoms with Gasteiger partial charge in [0.05, 0.1) is 17.8 Å². The lowest BCUT2D eigenvalue weighted by atomic mass is 10.0. The van der Waals surface area contributed by atoms with E-state index in [4.69, 9.17) is 5.41 Å². The van der Waals surface area contributed by atoms with Gasteiger partial charge in [-0.2, -0.15) is 0 Å². The first-order chi connectivity index (χ1) is 13.8. The number of thiazole rings is 1. The Hall–Kier alpha value is -3.06.